The van der Waals surface area contributed by atoms with Crippen LogP contribution in [0.5, 0.6) is 0 Å². The first-order chi connectivity index (χ1) is 11.3. The maximum absolute atomic E-state index is 9.60. The lowest BCUT2D eigenvalue weighted by Crippen LogP contribution is -2.14. The Labute approximate surface area is 146 Å². The Morgan fingerprint density at radius 2 is 0.760 bits per heavy atom. The number of rotatable bonds is 6. The summed E-state index contributed by atoms with van der Waals surface area (Å²) in [7, 11) is 0. The van der Waals surface area contributed by atoms with Crippen molar-refractivity contribution in [1.29, 1.82) is 0 Å². The van der Waals surface area contributed by atoms with Gasteiger partial charge in [0.05, 0.1) is 19.8 Å². The molecule has 0 saturated carbocycles. The normalized spacial score (nSPS) is 8.28. The fourth-order valence-corrected chi connectivity index (χ4v) is 0.173. The van der Waals surface area contributed by atoms with Gasteiger partial charge in [0.25, 0.3) is 0 Å². The third kappa shape index (κ3) is 34.0. The second kappa shape index (κ2) is 19.6. The molecule has 9 nitrogen and oxygen atoms in total. The minimum Gasteiger partial charge on any atom is -0.478 e. The first-order valence-corrected chi connectivity index (χ1v) is 6.77. The van der Waals surface area contributed by atoms with Crippen LogP contribution in [0.1, 0.15) is 20.8 Å². The van der Waals surface area contributed by atoms with Gasteiger partial charge in [0.2, 0.25) is 0 Å². The van der Waals surface area contributed by atoms with Gasteiger partial charge in [-0.25, -0.2) is 14.4 Å². The number of carbonyl (C=O) groups is 3. The SMILES string of the molecule is C=C(C)C(=O)O.C=C(C)C(=O)O.C=C(C)C(=O)O.OCC(CO)CO. The summed E-state index contributed by atoms with van der Waals surface area (Å²) in [4.78, 5) is 28.8. The molecule has 6 N–H and O–H groups in total. The standard InChI is InChI=1S/C4H10O3.3C4H6O2/c5-1-4(2-6)3-7;3*1-3(2)4(5)6/h4-7H,1-3H2;3*1H2,2H3,(H,5,6). The van der Waals surface area contributed by atoms with Crippen molar-refractivity contribution < 1.29 is 45.0 Å². The molecular weight excluding hydrogens is 336 g/mol. The van der Waals surface area contributed by atoms with E-state index < -0.39 is 17.9 Å². The predicted octanol–water partition coefficient (Wildman–Crippen LogP) is 0.521. The summed E-state index contributed by atoms with van der Waals surface area (Å²) < 4.78 is 0. The van der Waals surface area contributed by atoms with E-state index in [0.717, 1.165) is 0 Å². The third-order valence-electron chi connectivity index (χ3n) is 1.87. The van der Waals surface area contributed by atoms with E-state index in [2.05, 4.69) is 19.7 Å². The van der Waals surface area contributed by atoms with Crippen molar-refractivity contribution in [2.75, 3.05) is 19.8 Å². The van der Waals surface area contributed by atoms with Crippen LogP contribution in [0.2, 0.25) is 0 Å². The van der Waals surface area contributed by atoms with Crippen molar-refractivity contribution in [3.63, 3.8) is 0 Å². The van der Waals surface area contributed by atoms with Crippen LogP contribution < -0.4 is 0 Å². The molecule has 0 amide bonds. The molecular formula is C16H28O9. The van der Waals surface area contributed by atoms with Crippen LogP contribution in [-0.4, -0.2) is 68.4 Å². The largest absolute Gasteiger partial charge is 0.478 e. The first kappa shape index (κ1) is 30.4. The predicted molar refractivity (Wildman–Crippen MR) is 92.1 cm³/mol. The summed E-state index contributed by atoms with van der Waals surface area (Å²) >= 11 is 0. The molecule has 25 heavy (non-hydrogen) atoms. The molecule has 0 aromatic carbocycles. The smallest absolute Gasteiger partial charge is 0.330 e. The highest BCUT2D eigenvalue weighted by Crippen LogP contribution is 1.87. The topological polar surface area (TPSA) is 173 Å². The van der Waals surface area contributed by atoms with Gasteiger partial charge in [0, 0.05) is 22.6 Å². The van der Waals surface area contributed by atoms with Crippen molar-refractivity contribution in [3.05, 3.63) is 36.5 Å². The van der Waals surface area contributed by atoms with E-state index >= 15 is 0 Å². The molecule has 0 aliphatic heterocycles. The minimum atomic E-state index is -0.935. The second-order valence-corrected chi connectivity index (χ2v) is 4.67. The molecule has 0 rings (SSSR count). The quantitative estimate of drug-likeness (QED) is 0.367. The zero-order valence-electron chi connectivity index (χ0n) is 14.7. The van der Waals surface area contributed by atoms with Gasteiger partial charge in [-0.15, -0.1) is 0 Å². The molecule has 0 bridgehead atoms. The number of aliphatic hydroxyl groups is 3. The fourth-order valence-electron chi connectivity index (χ4n) is 0.173. The lowest BCUT2D eigenvalue weighted by molar-refractivity contribution is -0.133. The summed E-state index contributed by atoms with van der Waals surface area (Å²) in [5, 5.41) is 48.3. The zero-order chi connectivity index (χ0) is 21.2. The lowest BCUT2D eigenvalue weighted by Gasteiger charge is -2.02. The number of aliphatic carboxylic acids is 3. The Kier molecular flexibility index (Phi) is 23.8. The number of hydrogen-bond acceptors (Lipinski definition) is 6. The van der Waals surface area contributed by atoms with E-state index in [9.17, 15) is 14.4 Å². The van der Waals surface area contributed by atoms with Gasteiger partial charge in [-0.1, -0.05) is 19.7 Å². The van der Waals surface area contributed by atoms with Gasteiger partial charge in [0.15, 0.2) is 0 Å². The highest BCUT2D eigenvalue weighted by atomic mass is 16.4. The molecule has 0 spiro atoms. The van der Waals surface area contributed by atoms with Crippen LogP contribution in [0, 0.1) is 5.92 Å². The molecule has 0 radical (unpaired) electrons. The van der Waals surface area contributed by atoms with Crippen LogP contribution >= 0.6 is 0 Å². The average Bonchev–Trinajstić information content (AvgIpc) is 2.50. The zero-order valence-corrected chi connectivity index (χ0v) is 14.7. The van der Waals surface area contributed by atoms with Crippen molar-refractivity contribution in [2.45, 2.75) is 20.8 Å². The van der Waals surface area contributed by atoms with Crippen LogP contribution in [0.15, 0.2) is 36.5 Å². The molecule has 0 aliphatic carbocycles. The van der Waals surface area contributed by atoms with Crippen LogP contribution in [0.25, 0.3) is 0 Å². The number of carboxylic acids is 3. The molecule has 146 valence electrons. The molecule has 0 aromatic heterocycles. The van der Waals surface area contributed by atoms with Crippen LogP contribution in [0.3, 0.4) is 0 Å². The van der Waals surface area contributed by atoms with E-state index in [0.29, 0.717) is 0 Å². The first-order valence-electron chi connectivity index (χ1n) is 6.77. The third-order valence-corrected chi connectivity index (χ3v) is 1.87. The van der Waals surface area contributed by atoms with E-state index in [-0.39, 0.29) is 42.5 Å². The van der Waals surface area contributed by atoms with Crippen molar-refractivity contribution >= 4 is 17.9 Å². The highest BCUT2D eigenvalue weighted by Gasteiger charge is 2.00. The summed E-state index contributed by atoms with van der Waals surface area (Å²) in [6, 6.07) is 0. The summed E-state index contributed by atoms with van der Waals surface area (Å²) in [5.74, 6) is -3.15. The van der Waals surface area contributed by atoms with E-state index in [4.69, 9.17) is 30.6 Å². The van der Waals surface area contributed by atoms with Gasteiger partial charge in [0.1, 0.15) is 0 Å². The van der Waals surface area contributed by atoms with Crippen molar-refractivity contribution in [1.82, 2.24) is 0 Å². The lowest BCUT2D eigenvalue weighted by atomic mass is 10.2. The van der Waals surface area contributed by atoms with Crippen molar-refractivity contribution in [2.24, 2.45) is 5.92 Å². The van der Waals surface area contributed by atoms with Gasteiger partial charge < -0.3 is 30.6 Å². The maximum Gasteiger partial charge on any atom is 0.330 e. The maximum atomic E-state index is 9.60. The van der Waals surface area contributed by atoms with Gasteiger partial charge in [-0.05, 0) is 20.8 Å². The molecule has 0 atom stereocenters. The minimum absolute atomic E-state index is 0.146. The number of aliphatic hydroxyl groups excluding tert-OH is 3. The van der Waals surface area contributed by atoms with Crippen LogP contribution in [-0.2, 0) is 14.4 Å². The van der Waals surface area contributed by atoms with Gasteiger partial charge >= 0.3 is 17.9 Å². The Balaban J connectivity index is -0.000000118. The molecule has 0 unspecified atom stereocenters. The molecule has 0 aliphatic rings. The Morgan fingerprint density at radius 1 is 0.640 bits per heavy atom. The summed E-state index contributed by atoms with van der Waals surface area (Å²) in [6.07, 6.45) is 0. The molecule has 9 heteroatoms. The van der Waals surface area contributed by atoms with Gasteiger partial charge in [-0.2, -0.15) is 0 Å². The number of carboxylic acid groups (broad SMARTS) is 3. The van der Waals surface area contributed by atoms with Gasteiger partial charge in [-0.3, -0.25) is 0 Å². The van der Waals surface area contributed by atoms with E-state index in [1.807, 2.05) is 0 Å². The summed E-state index contributed by atoms with van der Waals surface area (Å²) in [6.45, 7) is 13.4. The molecule has 0 aromatic rings. The van der Waals surface area contributed by atoms with Crippen molar-refractivity contribution in [3.8, 4) is 0 Å². The Morgan fingerprint density at radius 3 is 0.760 bits per heavy atom. The second-order valence-electron chi connectivity index (χ2n) is 4.67. The molecule has 0 saturated heterocycles. The van der Waals surface area contributed by atoms with Crippen LogP contribution in [0.4, 0.5) is 0 Å². The van der Waals surface area contributed by atoms with E-state index in [1.54, 1.807) is 0 Å². The summed E-state index contributed by atoms with van der Waals surface area (Å²) in [5.41, 5.74) is 0.528. The van der Waals surface area contributed by atoms with E-state index in [1.165, 1.54) is 20.8 Å². The monoisotopic (exact) mass is 364 g/mol. The fraction of sp³-hybridized carbons (Fsp3) is 0.438. The Hall–Kier alpha value is -2.49. The Bertz CT molecular complexity index is 350. The molecule has 0 heterocycles. The highest BCUT2D eigenvalue weighted by molar-refractivity contribution is 5.85. The molecule has 0 fully saturated rings. The number of hydrogen-bond donors (Lipinski definition) is 6. The average molecular weight is 364 g/mol.